The zero-order valence-corrected chi connectivity index (χ0v) is 16.1. The fourth-order valence-corrected chi connectivity index (χ4v) is 3.06. The minimum Gasteiger partial charge on any atom is -0.410 e. The molecule has 1 saturated heterocycles. The summed E-state index contributed by atoms with van der Waals surface area (Å²) in [5.41, 5.74) is 4.26. The van der Waals surface area contributed by atoms with Crippen LogP contribution in [0.2, 0.25) is 0 Å². The molecule has 2 aromatic carbocycles. The van der Waals surface area contributed by atoms with Crippen LogP contribution >= 0.6 is 0 Å². The minimum absolute atomic E-state index is 0.334. The summed E-state index contributed by atoms with van der Waals surface area (Å²) in [6.07, 6.45) is 0. The van der Waals surface area contributed by atoms with Crippen LogP contribution in [0.4, 0.5) is 11.4 Å². The summed E-state index contributed by atoms with van der Waals surface area (Å²) in [4.78, 5) is 39.1. The third-order valence-electron chi connectivity index (χ3n) is 5.06. The van der Waals surface area contributed by atoms with Gasteiger partial charge in [0.25, 0.3) is 11.8 Å². The molecule has 1 aliphatic rings. The van der Waals surface area contributed by atoms with Gasteiger partial charge < -0.3 is 10.5 Å². The van der Waals surface area contributed by atoms with Crippen molar-refractivity contribution in [1.29, 1.82) is 0 Å². The average Bonchev–Trinajstić information content (AvgIpc) is 2.90. The Morgan fingerprint density at radius 3 is 2.14 bits per heavy atom. The Morgan fingerprint density at radius 2 is 1.57 bits per heavy atom. The molecule has 1 fully saturated rings. The van der Waals surface area contributed by atoms with Crippen LogP contribution in [0, 0.1) is 33.6 Å². The number of carbonyl (C=O) groups is 3. The second-order valence-corrected chi connectivity index (χ2v) is 6.95. The monoisotopic (exact) mass is 379 g/mol. The third kappa shape index (κ3) is 3.26. The van der Waals surface area contributed by atoms with E-state index in [-0.39, 0.29) is 0 Å². The Labute approximate surface area is 162 Å². The van der Waals surface area contributed by atoms with Crippen LogP contribution in [0.25, 0.3) is 0 Å². The third-order valence-corrected chi connectivity index (χ3v) is 5.06. The number of carbonyl (C=O) groups excluding carboxylic acids is 3. The number of imide groups is 1. The number of rotatable bonds is 3. The molecule has 1 heterocycles. The Kier molecular flexibility index (Phi) is 5.00. The van der Waals surface area contributed by atoms with E-state index >= 15 is 0 Å². The Balaban J connectivity index is 1.93. The van der Waals surface area contributed by atoms with Crippen molar-refractivity contribution in [2.45, 2.75) is 27.7 Å². The van der Waals surface area contributed by atoms with Gasteiger partial charge in [0, 0.05) is 5.69 Å². The molecule has 0 unspecified atom stereocenters. The van der Waals surface area contributed by atoms with E-state index in [0.29, 0.717) is 11.4 Å². The van der Waals surface area contributed by atoms with Gasteiger partial charge in [-0.05, 0) is 74.2 Å². The van der Waals surface area contributed by atoms with Crippen molar-refractivity contribution in [2.75, 3.05) is 10.2 Å². The second-order valence-electron chi connectivity index (χ2n) is 6.95. The molecular formula is C21H21N3O4. The lowest BCUT2D eigenvalue weighted by Gasteiger charge is -2.15. The highest BCUT2D eigenvalue weighted by atomic mass is 16.4. The first kappa shape index (κ1) is 19.3. The first-order chi connectivity index (χ1) is 13.2. The highest BCUT2D eigenvalue weighted by Gasteiger charge is 2.50. The predicted octanol–water partition coefficient (Wildman–Crippen LogP) is 2.88. The zero-order valence-electron chi connectivity index (χ0n) is 16.1. The normalized spacial score (nSPS) is 18.1. The van der Waals surface area contributed by atoms with Crippen molar-refractivity contribution in [3.8, 4) is 0 Å². The smallest absolute Gasteiger partial charge is 0.284 e. The Morgan fingerprint density at radius 1 is 0.964 bits per heavy atom. The molecule has 2 N–H and O–H groups in total. The molecule has 3 rings (SSSR count). The van der Waals surface area contributed by atoms with Gasteiger partial charge >= 0.3 is 0 Å². The topological polar surface area (TPSA) is 99.1 Å². The van der Waals surface area contributed by atoms with Crippen LogP contribution in [0.3, 0.4) is 0 Å². The van der Waals surface area contributed by atoms with E-state index in [4.69, 9.17) is 0 Å². The summed E-state index contributed by atoms with van der Waals surface area (Å²) in [5, 5.41) is 14.9. The molecule has 7 heteroatoms. The van der Waals surface area contributed by atoms with Crippen LogP contribution in [0.15, 0.2) is 41.6 Å². The highest BCUT2D eigenvalue weighted by Crippen LogP contribution is 2.28. The number of nitrogens with one attached hydrogen (secondary N) is 1. The minimum atomic E-state index is -1.51. The standard InChI is InChI=1S/C21H21N3O4/c1-11-5-7-15(9-13(11)3)22-19(25)17-18(23-28)21(27)24(20(17)26)16-8-6-12(2)14(4)10-16/h5-10,17,28H,1-4H3,(H,22,25)/b23-18-/t17-/m0/s1. The first-order valence-corrected chi connectivity index (χ1v) is 8.80. The molecule has 28 heavy (non-hydrogen) atoms. The Hall–Kier alpha value is -3.48. The SMILES string of the molecule is Cc1ccc(NC(=O)[C@H]2C(=O)N(c3ccc(C)c(C)c3)C(=O)/C2=N\O)cc1C. The van der Waals surface area contributed by atoms with Gasteiger partial charge in [-0.2, -0.15) is 0 Å². The summed E-state index contributed by atoms with van der Waals surface area (Å²) in [6, 6.07) is 10.4. The van der Waals surface area contributed by atoms with E-state index in [1.165, 1.54) is 0 Å². The quantitative estimate of drug-likeness (QED) is 0.371. The molecule has 0 aliphatic carbocycles. The van der Waals surface area contributed by atoms with Gasteiger partial charge in [-0.25, -0.2) is 4.90 Å². The van der Waals surface area contributed by atoms with Crippen LogP contribution in [-0.2, 0) is 14.4 Å². The van der Waals surface area contributed by atoms with Crippen LogP contribution in [0.5, 0.6) is 0 Å². The molecule has 0 bridgehead atoms. The lowest BCUT2D eigenvalue weighted by atomic mass is 10.0. The molecule has 0 spiro atoms. The number of hydrogen-bond donors (Lipinski definition) is 2. The molecule has 0 radical (unpaired) electrons. The van der Waals surface area contributed by atoms with E-state index < -0.39 is 29.4 Å². The van der Waals surface area contributed by atoms with Crippen LogP contribution in [0.1, 0.15) is 22.3 Å². The summed E-state index contributed by atoms with van der Waals surface area (Å²) in [6.45, 7) is 7.61. The molecule has 144 valence electrons. The maximum atomic E-state index is 12.9. The van der Waals surface area contributed by atoms with E-state index in [1.54, 1.807) is 30.3 Å². The molecule has 3 amide bonds. The summed E-state index contributed by atoms with van der Waals surface area (Å²) >= 11 is 0. The lowest BCUT2D eigenvalue weighted by Crippen LogP contribution is -2.34. The van der Waals surface area contributed by atoms with Crippen LogP contribution in [-0.4, -0.2) is 28.6 Å². The van der Waals surface area contributed by atoms with Gasteiger partial charge in [-0.15, -0.1) is 0 Å². The van der Waals surface area contributed by atoms with E-state index in [2.05, 4.69) is 10.5 Å². The van der Waals surface area contributed by atoms with Gasteiger partial charge in [0.05, 0.1) is 5.69 Å². The average molecular weight is 379 g/mol. The second kappa shape index (κ2) is 7.26. The predicted molar refractivity (Wildman–Crippen MR) is 106 cm³/mol. The maximum Gasteiger partial charge on any atom is 0.284 e. The van der Waals surface area contributed by atoms with Crippen LogP contribution < -0.4 is 10.2 Å². The summed E-state index contributed by atoms with van der Waals surface area (Å²) in [5.74, 6) is -3.79. The maximum absolute atomic E-state index is 12.9. The largest absolute Gasteiger partial charge is 0.410 e. The number of oxime groups is 1. The summed E-state index contributed by atoms with van der Waals surface area (Å²) < 4.78 is 0. The van der Waals surface area contributed by atoms with Crippen molar-refractivity contribution >= 4 is 34.8 Å². The van der Waals surface area contributed by atoms with E-state index in [0.717, 1.165) is 27.2 Å². The van der Waals surface area contributed by atoms with Crippen molar-refractivity contribution < 1.29 is 19.6 Å². The molecular weight excluding hydrogens is 358 g/mol. The van der Waals surface area contributed by atoms with Gasteiger partial charge in [-0.1, -0.05) is 17.3 Å². The number of hydrogen-bond acceptors (Lipinski definition) is 5. The van der Waals surface area contributed by atoms with Gasteiger partial charge in [0.2, 0.25) is 5.91 Å². The highest BCUT2D eigenvalue weighted by molar-refractivity contribution is 6.61. The zero-order chi connectivity index (χ0) is 20.6. The van der Waals surface area contributed by atoms with E-state index in [1.807, 2.05) is 33.8 Å². The molecule has 0 saturated carbocycles. The van der Waals surface area contributed by atoms with Crippen molar-refractivity contribution in [3.63, 3.8) is 0 Å². The Bertz CT molecular complexity index is 1030. The molecule has 1 aliphatic heterocycles. The first-order valence-electron chi connectivity index (χ1n) is 8.80. The number of benzene rings is 2. The van der Waals surface area contributed by atoms with Gasteiger partial charge in [0.1, 0.15) is 0 Å². The molecule has 7 nitrogen and oxygen atoms in total. The number of anilines is 2. The number of aryl methyl sites for hydroxylation is 4. The molecule has 1 atom stereocenters. The fourth-order valence-electron chi connectivity index (χ4n) is 3.06. The van der Waals surface area contributed by atoms with Gasteiger partial charge in [0.15, 0.2) is 11.6 Å². The molecule has 2 aromatic rings. The van der Waals surface area contributed by atoms with Crippen molar-refractivity contribution in [3.05, 3.63) is 58.7 Å². The van der Waals surface area contributed by atoms with Crippen molar-refractivity contribution in [2.24, 2.45) is 11.1 Å². The lowest BCUT2D eigenvalue weighted by molar-refractivity contribution is -0.127. The summed E-state index contributed by atoms with van der Waals surface area (Å²) in [7, 11) is 0. The van der Waals surface area contributed by atoms with E-state index in [9.17, 15) is 19.6 Å². The number of nitrogens with zero attached hydrogens (tertiary/aromatic N) is 2. The number of amides is 3. The van der Waals surface area contributed by atoms with Gasteiger partial charge in [-0.3, -0.25) is 14.4 Å². The fraction of sp³-hybridized carbons (Fsp3) is 0.238. The van der Waals surface area contributed by atoms with Crippen molar-refractivity contribution in [1.82, 2.24) is 0 Å². The molecule has 0 aromatic heterocycles.